The van der Waals surface area contributed by atoms with Gasteiger partial charge in [-0.3, -0.25) is 5.43 Å². The number of nitrogens with one attached hydrogen (secondary N) is 1. The summed E-state index contributed by atoms with van der Waals surface area (Å²) in [6.07, 6.45) is 1.53. The second kappa shape index (κ2) is 7.85. The highest BCUT2D eigenvalue weighted by Crippen LogP contribution is 2.26. The van der Waals surface area contributed by atoms with Crippen LogP contribution in [0.1, 0.15) is 11.1 Å². The van der Waals surface area contributed by atoms with E-state index in [1.807, 2.05) is 60.7 Å². The molecule has 1 N–H and O–H groups in total. The van der Waals surface area contributed by atoms with E-state index in [2.05, 4.69) is 35.3 Å². The van der Waals surface area contributed by atoms with E-state index in [9.17, 15) is 0 Å². The van der Waals surface area contributed by atoms with Crippen molar-refractivity contribution in [2.45, 2.75) is 13.8 Å². The number of hydrogen-bond donors (Lipinski definition) is 1. The van der Waals surface area contributed by atoms with Crippen LogP contribution in [0.5, 0.6) is 0 Å². The first-order valence-corrected chi connectivity index (χ1v) is 10.3. The Balaban J connectivity index is 1.71. The van der Waals surface area contributed by atoms with Gasteiger partial charge in [0.1, 0.15) is 17.7 Å². The van der Waals surface area contributed by atoms with Crippen molar-refractivity contribution < 1.29 is 4.42 Å². The average molecular weight is 427 g/mol. The van der Waals surface area contributed by atoms with E-state index in [0.29, 0.717) is 16.6 Å². The first kappa shape index (κ1) is 19.3. The molecule has 0 spiro atoms. The second-order valence-corrected chi connectivity index (χ2v) is 7.86. The Bertz CT molecular complexity index is 1480. The smallest absolute Gasteiger partial charge is 0.157 e. The van der Waals surface area contributed by atoms with Gasteiger partial charge in [0.2, 0.25) is 0 Å². The number of rotatable bonds is 3. The molecule has 0 radical (unpaired) electrons. The number of anilines is 1. The lowest BCUT2D eigenvalue weighted by Crippen LogP contribution is -2.10. The Morgan fingerprint density at radius 2 is 1.74 bits per heavy atom. The van der Waals surface area contributed by atoms with Crippen molar-refractivity contribution in [3.05, 3.63) is 94.6 Å². The Kier molecular flexibility index (Phi) is 4.88. The summed E-state index contributed by atoms with van der Waals surface area (Å²) in [6, 6.07) is 21.5. The Hall–Kier alpha value is -3.70. The van der Waals surface area contributed by atoms with Crippen LogP contribution in [0.2, 0.25) is 5.02 Å². The van der Waals surface area contributed by atoms with Gasteiger partial charge in [0, 0.05) is 27.4 Å². The normalized spacial score (nSPS) is 11.9. The molecule has 5 nitrogen and oxygen atoms in total. The molecule has 0 amide bonds. The molecule has 3 aromatic carbocycles. The van der Waals surface area contributed by atoms with Crippen LogP contribution in [0.15, 0.2) is 82.6 Å². The molecule has 5 rings (SSSR count). The molecule has 2 heterocycles. The Labute approximate surface area is 184 Å². The summed E-state index contributed by atoms with van der Waals surface area (Å²) in [5.41, 5.74) is 7.92. The molecule has 152 valence electrons. The molecule has 0 aliphatic heterocycles. The third kappa shape index (κ3) is 3.76. The molecule has 0 atom stereocenters. The summed E-state index contributed by atoms with van der Waals surface area (Å²) < 4.78 is 6.26. The van der Waals surface area contributed by atoms with Crippen LogP contribution in [0.3, 0.4) is 0 Å². The number of benzene rings is 3. The van der Waals surface area contributed by atoms with Crippen LogP contribution in [0.4, 0.5) is 5.82 Å². The maximum Gasteiger partial charge on any atom is 0.157 e. The molecule has 0 saturated heterocycles. The zero-order chi connectivity index (χ0) is 21.4. The zero-order valence-electron chi connectivity index (χ0n) is 17.1. The SMILES string of the molecule is Cc1cc(C)c2/c(=N/Nc3ncnc4ccccc34)cc(-c3ccc(Cl)cc3)oc2c1. The largest absolute Gasteiger partial charge is 0.456 e. The first-order valence-electron chi connectivity index (χ1n) is 9.89. The molecule has 2 aromatic heterocycles. The molecule has 0 fully saturated rings. The van der Waals surface area contributed by atoms with Crippen molar-refractivity contribution in [3.63, 3.8) is 0 Å². The van der Waals surface area contributed by atoms with E-state index in [1.165, 1.54) is 6.33 Å². The van der Waals surface area contributed by atoms with E-state index in [-0.39, 0.29) is 0 Å². The third-order valence-corrected chi connectivity index (χ3v) is 5.39. The number of hydrogen-bond acceptors (Lipinski definition) is 5. The van der Waals surface area contributed by atoms with Crippen LogP contribution >= 0.6 is 11.6 Å². The van der Waals surface area contributed by atoms with Gasteiger partial charge in [-0.05, 0) is 67.4 Å². The summed E-state index contributed by atoms with van der Waals surface area (Å²) >= 11 is 6.06. The van der Waals surface area contributed by atoms with Crippen LogP contribution < -0.4 is 10.8 Å². The highest BCUT2D eigenvalue weighted by atomic mass is 35.5. The quantitative estimate of drug-likeness (QED) is 0.347. The lowest BCUT2D eigenvalue weighted by Gasteiger charge is -2.09. The van der Waals surface area contributed by atoms with Gasteiger partial charge in [0.05, 0.1) is 10.9 Å². The minimum Gasteiger partial charge on any atom is -0.456 e. The molecular weight excluding hydrogens is 408 g/mol. The fourth-order valence-corrected chi connectivity index (χ4v) is 3.86. The van der Waals surface area contributed by atoms with E-state index in [0.717, 1.165) is 43.9 Å². The Morgan fingerprint density at radius 1 is 0.935 bits per heavy atom. The van der Waals surface area contributed by atoms with Gasteiger partial charge in [-0.1, -0.05) is 29.8 Å². The van der Waals surface area contributed by atoms with Crippen molar-refractivity contribution in [3.8, 4) is 11.3 Å². The lowest BCUT2D eigenvalue weighted by atomic mass is 10.1. The zero-order valence-corrected chi connectivity index (χ0v) is 17.8. The van der Waals surface area contributed by atoms with Crippen LogP contribution in [0.25, 0.3) is 33.2 Å². The van der Waals surface area contributed by atoms with Gasteiger partial charge in [-0.15, -0.1) is 0 Å². The Morgan fingerprint density at radius 3 is 2.58 bits per heavy atom. The lowest BCUT2D eigenvalue weighted by molar-refractivity contribution is 0.617. The molecular formula is C25H19ClN4O. The molecule has 0 unspecified atom stereocenters. The van der Waals surface area contributed by atoms with Gasteiger partial charge in [0.25, 0.3) is 0 Å². The van der Waals surface area contributed by atoms with Crippen molar-refractivity contribution in [2.75, 3.05) is 5.43 Å². The predicted molar refractivity (Wildman–Crippen MR) is 125 cm³/mol. The maximum absolute atomic E-state index is 6.26. The highest BCUT2D eigenvalue weighted by molar-refractivity contribution is 6.30. The van der Waals surface area contributed by atoms with Crippen molar-refractivity contribution in [1.29, 1.82) is 0 Å². The molecule has 5 aromatic rings. The number of aryl methyl sites for hydroxylation is 2. The number of fused-ring (bicyclic) bond motifs is 2. The molecule has 0 aliphatic carbocycles. The molecule has 6 heteroatoms. The monoisotopic (exact) mass is 426 g/mol. The number of halogens is 1. The summed E-state index contributed by atoms with van der Waals surface area (Å²) in [5.74, 6) is 1.36. The number of para-hydroxylation sites is 1. The van der Waals surface area contributed by atoms with E-state index < -0.39 is 0 Å². The molecule has 31 heavy (non-hydrogen) atoms. The number of nitrogens with zero attached hydrogens (tertiary/aromatic N) is 3. The average Bonchev–Trinajstić information content (AvgIpc) is 2.77. The second-order valence-electron chi connectivity index (χ2n) is 7.42. The number of aromatic nitrogens is 2. The van der Waals surface area contributed by atoms with Gasteiger partial charge in [-0.25, -0.2) is 9.97 Å². The van der Waals surface area contributed by atoms with Gasteiger partial charge < -0.3 is 4.42 Å². The van der Waals surface area contributed by atoms with Crippen LogP contribution in [-0.2, 0) is 0 Å². The minimum atomic E-state index is 0.650. The van der Waals surface area contributed by atoms with Crippen molar-refractivity contribution in [2.24, 2.45) is 5.10 Å². The summed E-state index contributed by atoms with van der Waals surface area (Å²) in [5, 5.41) is 8.03. The minimum absolute atomic E-state index is 0.650. The van der Waals surface area contributed by atoms with Gasteiger partial charge >= 0.3 is 0 Å². The molecule has 0 aliphatic rings. The van der Waals surface area contributed by atoms with Gasteiger partial charge in [0.15, 0.2) is 5.82 Å². The fourth-order valence-electron chi connectivity index (χ4n) is 3.73. The fraction of sp³-hybridized carbons (Fsp3) is 0.0800. The maximum atomic E-state index is 6.26. The molecule has 0 saturated carbocycles. The topological polar surface area (TPSA) is 63.3 Å². The van der Waals surface area contributed by atoms with Gasteiger partial charge in [-0.2, -0.15) is 5.10 Å². The van der Waals surface area contributed by atoms with E-state index >= 15 is 0 Å². The van der Waals surface area contributed by atoms with Crippen molar-refractivity contribution in [1.82, 2.24) is 9.97 Å². The summed E-state index contributed by atoms with van der Waals surface area (Å²) in [4.78, 5) is 8.69. The third-order valence-electron chi connectivity index (χ3n) is 5.14. The standard InChI is InChI=1S/C25H19ClN4O/c1-15-11-16(2)24-21(29-30-25-19-5-3-4-6-20(19)27-14-28-25)13-22(31-23(24)12-15)17-7-9-18(26)10-8-17/h3-14H,1-2H3,(H,27,28,30)/b29-21+. The summed E-state index contributed by atoms with van der Waals surface area (Å²) in [6.45, 7) is 4.12. The van der Waals surface area contributed by atoms with E-state index in [1.54, 1.807) is 0 Å². The van der Waals surface area contributed by atoms with Crippen molar-refractivity contribution >= 4 is 39.3 Å². The van der Waals surface area contributed by atoms with E-state index in [4.69, 9.17) is 21.1 Å². The van der Waals surface area contributed by atoms with Crippen LogP contribution in [0, 0.1) is 13.8 Å². The highest BCUT2D eigenvalue weighted by Gasteiger charge is 2.10. The first-order chi connectivity index (χ1) is 15.1. The predicted octanol–water partition coefficient (Wildman–Crippen LogP) is 6.24. The van der Waals surface area contributed by atoms with Crippen LogP contribution in [-0.4, -0.2) is 9.97 Å². The summed E-state index contributed by atoms with van der Waals surface area (Å²) in [7, 11) is 0. The molecule has 0 bridgehead atoms.